The maximum absolute atomic E-state index is 13.1. The first-order chi connectivity index (χ1) is 18.2. The van der Waals surface area contributed by atoms with Crippen LogP contribution in [0.1, 0.15) is 20.3 Å². The molecule has 14 nitrogen and oxygen atoms in total. The van der Waals surface area contributed by atoms with Gasteiger partial charge in [-0.2, -0.15) is 0 Å². The molecule has 0 spiro atoms. The van der Waals surface area contributed by atoms with Crippen molar-refractivity contribution < 1.29 is 24.3 Å². The zero-order chi connectivity index (χ0) is 26.9. The number of aliphatic carboxylic acids is 1. The van der Waals surface area contributed by atoms with Gasteiger partial charge in [-0.15, -0.1) is 16.9 Å². The number of β-lactam (4-membered cyclic amide) rings is 1. The summed E-state index contributed by atoms with van der Waals surface area (Å²) in [7, 11) is 0. The van der Waals surface area contributed by atoms with Gasteiger partial charge in [-0.25, -0.2) is 9.48 Å². The number of hydrogen-bond acceptors (Lipinski definition) is 10. The largest absolute Gasteiger partial charge is 0.477 e. The Kier molecular flexibility index (Phi) is 6.18. The van der Waals surface area contributed by atoms with Gasteiger partial charge in [0.2, 0.25) is 17.7 Å². The number of tetrazole rings is 1. The zero-order valence-electron chi connectivity index (χ0n) is 21.1. The third kappa shape index (κ3) is 4.07. The number of aromatic nitrogens is 4. The average Bonchev–Trinajstić information content (AvgIpc) is 3.47. The fraction of sp³-hybridized carbons (Fsp3) is 0.696. The van der Waals surface area contributed by atoms with Crippen LogP contribution in [0.2, 0.25) is 0 Å². The van der Waals surface area contributed by atoms with Crippen LogP contribution in [0.4, 0.5) is 0 Å². The minimum Gasteiger partial charge on any atom is -0.477 e. The first-order valence-electron chi connectivity index (χ1n) is 12.9. The van der Waals surface area contributed by atoms with Crippen LogP contribution in [0.3, 0.4) is 0 Å². The van der Waals surface area contributed by atoms with Crippen molar-refractivity contribution in [1.29, 1.82) is 0 Å². The molecule has 4 aliphatic heterocycles. The molecule has 8 atom stereocenters. The van der Waals surface area contributed by atoms with E-state index in [4.69, 9.17) is 5.73 Å². The minimum atomic E-state index is -1.14. The molecule has 2 unspecified atom stereocenters. The lowest BCUT2D eigenvalue weighted by atomic mass is 9.78. The van der Waals surface area contributed by atoms with Crippen molar-refractivity contribution in [2.45, 2.75) is 56.2 Å². The standard InChI is InChI=1S/C23H31N9O5S/c1-9-18-16(10(2)27-15(33)7-31-8-26-28-29-31)22(35)32(18)19(23(36)37)20(9)38-11-3-14(25-4-11)21(34)30-5-12-13(6-30)17(12)24/h8-14,16-18,25H,3-7,24H2,1-2H3,(H,27,33)(H,36,37)/t9-,10-,11+,12?,13?,14+,16-,17?,18-/m1/s1. The van der Waals surface area contributed by atoms with Gasteiger partial charge in [0.05, 0.1) is 18.0 Å². The maximum Gasteiger partial charge on any atom is 0.353 e. The summed E-state index contributed by atoms with van der Waals surface area (Å²) in [4.78, 5) is 54.7. The van der Waals surface area contributed by atoms with Crippen LogP contribution in [-0.2, 0) is 25.7 Å². The third-order valence-electron chi connectivity index (χ3n) is 8.67. The van der Waals surface area contributed by atoms with E-state index in [9.17, 15) is 24.3 Å². The van der Waals surface area contributed by atoms with Crippen molar-refractivity contribution in [1.82, 2.24) is 40.6 Å². The van der Waals surface area contributed by atoms with E-state index in [-0.39, 0.29) is 59.3 Å². The van der Waals surface area contributed by atoms with Crippen LogP contribution in [0.25, 0.3) is 0 Å². The quantitative estimate of drug-likeness (QED) is 0.260. The Morgan fingerprint density at radius 1 is 1.32 bits per heavy atom. The average molecular weight is 546 g/mol. The number of likely N-dealkylation sites (tertiary alicyclic amines) is 1. The van der Waals surface area contributed by atoms with Crippen molar-refractivity contribution in [3.63, 3.8) is 0 Å². The fourth-order valence-electron chi connectivity index (χ4n) is 6.62. The summed E-state index contributed by atoms with van der Waals surface area (Å²) < 4.78 is 1.28. The van der Waals surface area contributed by atoms with Crippen molar-refractivity contribution >= 4 is 35.5 Å². The summed E-state index contributed by atoms with van der Waals surface area (Å²) in [6.07, 6.45) is 1.92. The van der Waals surface area contributed by atoms with E-state index in [2.05, 4.69) is 26.2 Å². The predicted octanol–water partition coefficient (Wildman–Crippen LogP) is -2.17. The molecule has 4 fully saturated rings. The lowest BCUT2D eigenvalue weighted by molar-refractivity contribution is -0.158. The number of hydrogen-bond donors (Lipinski definition) is 4. The number of fused-ring (bicyclic) bond motifs is 2. The van der Waals surface area contributed by atoms with Gasteiger partial charge >= 0.3 is 5.97 Å². The van der Waals surface area contributed by atoms with Gasteiger partial charge in [0, 0.05) is 47.8 Å². The van der Waals surface area contributed by atoms with E-state index in [0.29, 0.717) is 29.7 Å². The molecule has 15 heteroatoms. The number of carbonyl (C=O) groups excluding carboxylic acids is 3. The normalized spacial score (nSPS) is 36.1. The van der Waals surface area contributed by atoms with Gasteiger partial charge < -0.3 is 31.3 Å². The number of rotatable bonds is 8. The highest BCUT2D eigenvalue weighted by Crippen LogP contribution is 2.52. The first kappa shape index (κ1) is 25.2. The lowest BCUT2D eigenvalue weighted by Gasteiger charge is -2.47. The van der Waals surface area contributed by atoms with Crippen LogP contribution in [-0.4, -0.2) is 108 Å². The minimum absolute atomic E-state index is 0.0100. The van der Waals surface area contributed by atoms with Crippen molar-refractivity contribution in [3.8, 4) is 0 Å². The molecule has 0 radical (unpaired) electrons. The van der Waals surface area contributed by atoms with Gasteiger partial charge in [-0.3, -0.25) is 14.4 Å². The van der Waals surface area contributed by atoms with Crippen molar-refractivity contribution in [2.24, 2.45) is 29.4 Å². The number of carboxylic acids is 1. The highest BCUT2D eigenvalue weighted by Gasteiger charge is 2.61. The number of nitrogens with two attached hydrogens (primary N) is 1. The molecule has 204 valence electrons. The highest BCUT2D eigenvalue weighted by atomic mass is 32.2. The molecule has 1 aromatic rings. The summed E-state index contributed by atoms with van der Waals surface area (Å²) in [6, 6.07) is -0.923. The number of thioether (sulfide) groups is 1. The van der Waals surface area contributed by atoms with E-state index in [1.807, 2.05) is 11.8 Å². The van der Waals surface area contributed by atoms with Crippen LogP contribution >= 0.6 is 11.8 Å². The number of carbonyl (C=O) groups is 4. The number of piperidine rings is 1. The summed E-state index contributed by atoms with van der Waals surface area (Å²) in [5.74, 6) is -1.61. The topological polar surface area (TPSA) is 189 Å². The molecule has 6 rings (SSSR count). The lowest BCUT2D eigenvalue weighted by Crippen LogP contribution is -2.66. The van der Waals surface area contributed by atoms with Gasteiger partial charge in [-0.05, 0) is 35.6 Å². The Labute approximate surface area is 222 Å². The predicted molar refractivity (Wildman–Crippen MR) is 133 cm³/mol. The Morgan fingerprint density at radius 2 is 2.05 bits per heavy atom. The molecule has 1 aliphatic carbocycles. The van der Waals surface area contributed by atoms with Crippen LogP contribution in [0.5, 0.6) is 0 Å². The molecule has 0 aromatic carbocycles. The number of carboxylic acid groups (broad SMARTS) is 1. The molecule has 5 aliphatic rings. The van der Waals surface area contributed by atoms with Gasteiger partial charge in [0.25, 0.3) is 0 Å². The zero-order valence-corrected chi connectivity index (χ0v) is 21.9. The van der Waals surface area contributed by atoms with E-state index in [0.717, 1.165) is 13.1 Å². The van der Waals surface area contributed by atoms with E-state index < -0.39 is 17.9 Å². The van der Waals surface area contributed by atoms with Crippen molar-refractivity contribution in [2.75, 3.05) is 19.6 Å². The van der Waals surface area contributed by atoms with E-state index in [1.165, 1.54) is 27.7 Å². The molecule has 5 heterocycles. The van der Waals surface area contributed by atoms with Crippen LogP contribution < -0.4 is 16.4 Å². The summed E-state index contributed by atoms with van der Waals surface area (Å²) in [5.41, 5.74) is 6.02. The summed E-state index contributed by atoms with van der Waals surface area (Å²) >= 11 is 1.45. The van der Waals surface area contributed by atoms with Crippen LogP contribution in [0.15, 0.2) is 16.9 Å². The SMILES string of the molecule is C[C@@H](NC(=O)Cn1cnnn1)[C@H]1C(=O)N2C(C(=O)O)=C(S[C@@H]3CN[C@H](C(=O)N4CC5C(N)C5C4)C3)[C@H](C)[C@H]12. The van der Waals surface area contributed by atoms with Crippen molar-refractivity contribution in [3.05, 3.63) is 16.9 Å². The third-order valence-corrected chi connectivity index (χ3v) is 10.2. The van der Waals surface area contributed by atoms with E-state index in [1.54, 1.807) is 6.92 Å². The number of nitrogens with zero attached hydrogens (tertiary/aromatic N) is 6. The molecule has 1 saturated carbocycles. The van der Waals surface area contributed by atoms with E-state index >= 15 is 0 Å². The molecule has 38 heavy (non-hydrogen) atoms. The molecular weight excluding hydrogens is 514 g/mol. The Bertz CT molecular complexity index is 1200. The molecule has 0 bridgehead atoms. The Balaban J connectivity index is 1.09. The number of nitrogens with one attached hydrogen (secondary N) is 2. The monoisotopic (exact) mass is 545 g/mol. The van der Waals surface area contributed by atoms with Gasteiger partial charge in [0.15, 0.2) is 0 Å². The smallest absolute Gasteiger partial charge is 0.353 e. The Hall–Kier alpha value is -3.04. The summed E-state index contributed by atoms with van der Waals surface area (Å²) in [6.45, 7) is 5.61. The number of amides is 3. The first-order valence-corrected chi connectivity index (χ1v) is 13.8. The molecule has 5 N–H and O–H groups in total. The molecule has 1 aromatic heterocycles. The highest BCUT2D eigenvalue weighted by molar-refractivity contribution is 8.03. The molecular formula is C23H31N9O5S. The fourth-order valence-corrected chi connectivity index (χ4v) is 8.10. The summed E-state index contributed by atoms with van der Waals surface area (Å²) in [5, 5.41) is 26.8. The second-order valence-corrected chi connectivity index (χ2v) is 12.3. The van der Waals surface area contributed by atoms with Crippen LogP contribution in [0, 0.1) is 23.7 Å². The maximum atomic E-state index is 13.1. The molecule has 3 amide bonds. The second-order valence-electron chi connectivity index (χ2n) is 11.0. The second kappa shape index (κ2) is 9.31. The molecule has 3 saturated heterocycles. The van der Waals surface area contributed by atoms with Gasteiger partial charge in [0.1, 0.15) is 18.6 Å². The van der Waals surface area contributed by atoms with Gasteiger partial charge in [-0.1, -0.05) is 6.92 Å². The Morgan fingerprint density at radius 3 is 2.71 bits per heavy atom.